The minimum absolute atomic E-state index is 0.107. The van der Waals surface area contributed by atoms with Gasteiger partial charge in [0.05, 0.1) is 11.5 Å². The van der Waals surface area contributed by atoms with E-state index in [0.29, 0.717) is 23.9 Å². The third-order valence-corrected chi connectivity index (χ3v) is 5.28. The third-order valence-electron chi connectivity index (χ3n) is 3.86. The normalized spacial score (nSPS) is 11.2. The van der Waals surface area contributed by atoms with Crippen LogP contribution >= 0.6 is 0 Å². The fourth-order valence-corrected chi connectivity index (χ4v) is 3.52. The number of sulfonamides is 1. The maximum absolute atomic E-state index is 13.0. The van der Waals surface area contributed by atoms with Crippen molar-refractivity contribution in [2.45, 2.75) is 18.4 Å². The largest absolute Gasteiger partial charge is 0.494 e. The van der Waals surface area contributed by atoms with E-state index in [2.05, 4.69) is 4.72 Å². The van der Waals surface area contributed by atoms with Crippen LogP contribution in [0, 0.1) is 5.82 Å². The Bertz CT molecular complexity index is 1020. The molecule has 28 heavy (non-hydrogen) atoms. The smallest absolute Gasteiger partial charge is 0.240 e. The zero-order valence-corrected chi connectivity index (χ0v) is 16.1. The average Bonchev–Trinajstić information content (AvgIpc) is 2.69. The Balaban J connectivity index is 1.65. The minimum Gasteiger partial charge on any atom is -0.494 e. The van der Waals surface area contributed by atoms with Crippen LogP contribution in [0.3, 0.4) is 0 Å². The quantitative estimate of drug-likeness (QED) is 0.604. The maximum Gasteiger partial charge on any atom is 0.240 e. The van der Waals surface area contributed by atoms with Crippen molar-refractivity contribution in [2.24, 2.45) is 0 Å². The van der Waals surface area contributed by atoms with Crippen molar-refractivity contribution in [2.75, 3.05) is 6.61 Å². The van der Waals surface area contributed by atoms with Gasteiger partial charge in [0, 0.05) is 6.54 Å². The van der Waals surface area contributed by atoms with Crippen LogP contribution < -0.4 is 14.2 Å². The molecule has 0 atom stereocenters. The summed E-state index contributed by atoms with van der Waals surface area (Å²) < 4.78 is 51.5. The van der Waals surface area contributed by atoms with Crippen molar-refractivity contribution < 1.29 is 22.3 Å². The number of rotatable bonds is 8. The van der Waals surface area contributed by atoms with Gasteiger partial charge in [0.2, 0.25) is 10.0 Å². The van der Waals surface area contributed by atoms with Crippen molar-refractivity contribution >= 4 is 10.0 Å². The van der Waals surface area contributed by atoms with Gasteiger partial charge >= 0.3 is 0 Å². The molecule has 0 radical (unpaired) electrons. The number of halogens is 1. The highest BCUT2D eigenvalue weighted by molar-refractivity contribution is 7.89. The first-order valence-corrected chi connectivity index (χ1v) is 10.2. The summed E-state index contributed by atoms with van der Waals surface area (Å²) in [6, 6.07) is 18.9. The van der Waals surface area contributed by atoms with Gasteiger partial charge in [0.15, 0.2) is 0 Å². The van der Waals surface area contributed by atoms with Gasteiger partial charge in [-0.3, -0.25) is 0 Å². The number of nitrogens with one attached hydrogen (secondary N) is 1. The molecule has 0 saturated carbocycles. The highest BCUT2D eigenvalue weighted by Gasteiger charge is 2.14. The first-order chi connectivity index (χ1) is 13.5. The van der Waals surface area contributed by atoms with Crippen molar-refractivity contribution in [1.29, 1.82) is 0 Å². The molecule has 0 heterocycles. The van der Waals surface area contributed by atoms with E-state index in [4.69, 9.17) is 9.47 Å². The van der Waals surface area contributed by atoms with Crippen LogP contribution in [0.4, 0.5) is 4.39 Å². The molecule has 146 valence electrons. The maximum atomic E-state index is 13.0. The van der Waals surface area contributed by atoms with Gasteiger partial charge in [-0.1, -0.05) is 12.1 Å². The monoisotopic (exact) mass is 401 g/mol. The highest BCUT2D eigenvalue weighted by Crippen LogP contribution is 2.23. The second-order valence-electron chi connectivity index (χ2n) is 5.93. The fraction of sp³-hybridized carbons (Fsp3) is 0.143. The summed E-state index contributed by atoms with van der Waals surface area (Å²) in [6.07, 6.45) is 0. The zero-order chi connectivity index (χ0) is 20.0. The van der Waals surface area contributed by atoms with Crippen molar-refractivity contribution in [3.8, 4) is 17.2 Å². The molecular formula is C21H20FNO4S. The van der Waals surface area contributed by atoms with Crippen LogP contribution in [-0.4, -0.2) is 15.0 Å². The van der Waals surface area contributed by atoms with Gasteiger partial charge in [-0.25, -0.2) is 17.5 Å². The zero-order valence-electron chi connectivity index (χ0n) is 15.3. The molecule has 0 unspecified atom stereocenters. The molecule has 0 amide bonds. The predicted octanol–water partition coefficient (Wildman–Crippen LogP) is 4.50. The summed E-state index contributed by atoms with van der Waals surface area (Å²) in [5.41, 5.74) is 0.731. The van der Waals surface area contributed by atoms with Crippen molar-refractivity contribution in [1.82, 2.24) is 4.72 Å². The van der Waals surface area contributed by atoms with Gasteiger partial charge in [0.1, 0.15) is 23.1 Å². The first-order valence-electron chi connectivity index (χ1n) is 8.71. The molecule has 5 nitrogen and oxygen atoms in total. The molecule has 3 rings (SSSR count). The topological polar surface area (TPSA) is 64.6 Å². The Morgan fingerprint density at radius 3 is 2.25 bits per heavy atom. The SMILES string of the molecule is CCOc1ccc(S(=O)(=O)NCc2cccc(Oc3ccc(F)cc3)c2)cc1. The van der Waals surface area contributed by atoms with Crippen LogP contribution in [0.1, 0.15) is 12.5 Å². The fourth-order valence-electron chi connectivity index (χ4n) is 2.50. The van der Waals surface area contributed by atoms with E-state index in [1.54, 1.807) is 36.4 Å². The first kappa shape index (κ1) is 19.9. The molecule has 7 heteroatoms. The van der Waals surface area contributed by atoms with Gasteiger partial charge in [-0.2, -0.15) is 0 Å². The van der Waals surface area contributed by atoms with E-state index >= 15 is 0 Å². The molecule has 3 aromatic rings. The molecule has 1 N–H and O–H groups in total. The van der Waals surface area contributed by atoms with Crippen LogP contribution in [0.5, 0.6) is 17.2 Å². The third kappa shape index (κ3) is 5.31. The van der Waals surface area contributed by atoms with E-state index in [1.165, 1.54) is 36.4 Å². The minimum atomic E-state index is -3.65. The Morgan fingerprint density at radius 1 is 0.893 bits per heavy atom. The molecule has 0 aromatic heterocycles. The number of hydrogen-bond acceptors (Lipinski definition) is 4. The van der Waals surface area contributed by atoms with E-state index in [-0.39, 0.29) is 17.3 Å². The lowest BCUT2D eigenvalue weighted by atomic mass is 10.2. The number of benzene rings is 3. The standard InChI is InChI=1S/C21H20FNO4S/c1-2-26-18-10-12-21(13-11-18)28(24,25)23-15-16-4-3-5-20(14-16)27-19-8-6-17(22)7-9-19/h3-14,23H,2,15H2,1H3. The molecule has 0 saturated heterocycles. The summed E-state index contributed by atoms with van der Waals surface area (Å²) in [7, 11) is -3.65. The summed E-state index contributed by atoms with van der Waals surface area (Å²) in [4.78, 5) is 0.162. The average molecular weight is 401 g/mol. The van der Waals surface area contributed by atoms with Crippen LogP contribution in [0.25, 0.3) is 0 Å². The summed E-state index contributed by atoms with van der Waals surface area (Å²) in [6.45, 7) is 2.48. The Labute approximate surface area is 163 Å². The lowest BCUT2D eigenvalue weighted by Crippen LogP contribution is -2.23. The van der Waals surface area contributed by atoms with Gasteiger partial charge in [-0.05, 0) is 73.2 Å². The Morgan fingerprint density at radius 2 is 1.57 bits per heavy atom. The molecule has 3 aromatic carbocycles. The lowest BCUT2D eigenvalue weighted by molar-refractivity contribution is 0.340. The molecule has 0 fully saturated rings. The van der Waals surface area contributed by atoms with E-state index in [9.17, 15) is 12.8 Å². The summed E-state index contributed by atoms with van der Waals surface area (Å²) in [5.74, 6) is 1.30. The summed E-state index contributed by atoms with van der Waals surface area (Å²) >= 11 is 0. The van der Waals surface area contributed by atoms with Crippen LogP contribution in [-0.2, 0) is 16.6 Å². The second-order valence-corrected chi connectivity index (χ2v) is 7.70. The van der Waals surface area contributed by atoms with Gasteiger partial charge < -0.3 is 9.47 Å². The van der Waals surface area contributed by atoms with Gasteiger partial charge in [-0.15, -0.1) is 0 Å². The summed E-state index contributed by atoms with van der Waals surface area (Å²) in [5, 5.41) is 0. The van der Waals surface area contributed by atoms with Gasteiger partial charge in [0.25, 0.3) is 0 Å². The molecule has 0 bridgehead atoms. The van der Waals surface area contributed by atoms with E-state index in [0.717, 1.165) is 5.56 Å². The van der Waals surface area contributed by atoms with E-state index in [1.807, 2.05) is 6.92 Å². The van der Waals surface area contributed by atoms with Crippen molar-refractivity contribution in [3.63, 3.8) is 0 Å². The van der Waals surface area contributed by atoms with Crippen molar-refractivity contribution in [3.05, 3.63) is 84.2 Å². The molecule has 0 aliphatic rings. The molecular weight excluding hydrogens is 381 g/mol. The lowest BCUT2D eigenvalue weighted by Gasteiger charge is -2.10. The Hall–Kier alpha value is -2.90. The number of ether oxygens (including phenoxy) is 2. The highest BCUT2D eigenvalue weighted by atomic mass is 32.2. The predicted molar refractivity (Wildman–Crippen MR) is 105 cm³/mol. The molecule has 0 aliphatic heterocycles. The molecule has 0 spiro atoms. The Kier molecular flexibility index (Phi) is 6.28. The van der Waals surface area contributed by atoms with Crippen LogP contribution in [0.2, 0.25) is 0 Å². The molecule has 0 aliphatic carbocycles. The second kappa shape index (κ2) is 8.86. The number of hydrogen-bond donors (Lipinski definition) is 1. The van der Waals surface area contributed by atoms with Crippen LogP contribution in [0.15, 0.2) is 77.7 Å². The van der Waals surface area contributed by atoms with E-state index < -0.39 is 10.0 Å².